The molecule has 4 rings (SSSR count). The van der Waals surface area contributed by atoms with Crippen molar-refractivity contribution < 1.29 is 0 Å². The summed E-state index contributed by atoms with van der Waals surface area (Å²) < 4.78 is 0. The van der Waals surface area contributed by atoms with Gasteiger partial charge in [0.15, 0.2) is 5.11 Å². The molecule has 1 heterocycles. The molecule has 6 nitrogen and oxygen atoms in total. The minimum absolute atomic E-state index is 0.373. The molecule has 0 aliphatic heterocycles. The topological polar surface area (TPSA) is 65.1 Å². The van der Waals surface area contributed by atoms with Crippen molar-refractivity contribution in [2.24, 2.45) is 0 Å². The van der Waals surface area contributed by atoms with Gasteiger partial charge in [0.2, 0.25) is 5.95 Å². The molecule has 32 heavy (non-hydrogen) atoms. The second kappa shape index (κ2) is 10.1. The van der Waals surface area contributed by atoms with Gasteiger partial charge < -0.3 is 20.9 Å². The quantitative estimate of drug-likeness (QED) is 0.483. The van der Waals surface area contributed by atoms with E-state index in [-0.39, 0.29) is 0 Å². The standard InChI is InChI=1S/C25H32N6S/c1-17-7-6-8-18(15-17)16-26-25(32)28-20-13-11-19(12-14-20)27-24-29-22-10-5-4-9-21(22)23(30-24)31(2)3/h4-10,15,19-20H,11-14,16H2,1-3H3,(H2,26,28,32)(H,27,29,30)/t19-,20+. The summed E-state index contributed by atoms with van der Waals surface area (Å²) in [7, 11) is 4.04. The van der Waals surface area contributed by atoms with Gasteiger partial charge in [-0.2, -0.15) is 4.98 Å². The van der Waals surface area contributed by atoms with Crippen molar-refractivity contribution >= 4 is 40.0 Å². The van der Waals surface area contributed by atoms with Crippen LogP contribution in [0.1, 0.15) is 36.8 Å². The summed E-state index contributed by atoms with van der Waals surface area (Å²) in [6, 6.07) is 17.4. The first-order valence-corrected chi connectivity index (χ1v) is 11.7. The number of rotatable bonds is 6. The number of nitrogens with one attached hydrogen (secondary N) is 3. The summed E-state index contributed by atoms with van der Waals surface area (Å²) in [5.74, 6) is 1.65. The largest absolute Gasteiger partial charge is 0.362 e. The third-order valence-corrected chi connectivity index (χ3v) is 6.20. The minimum Gasteiger partial charge on any atom is -0.362 e. The molecule has 1 aromatic heterocycles. The molecule has 7 heteroatoms. The SMILES string of the molecule is Cc1cccc(CNC(=S)N[C@H]2CC[C@@H](Nc3nc(N(C)C)c4ccccc4n3)CC2)c1. The number of para-hydroxylation sites is 1. The Morgan fingerprint density at radius 1 is 1.00 bits per heavy atom. The zero-order chi connectivity index (χ0) is 22.5. The zero-order valence-corrected chi connectivity index (χ0v) is 19.9. The van der Waals surface area contributed by atoms with E-state index in [0.29, 0.717) is 18.0 Å². The van der Waals surface area contributed by atoms with Crippen molar-refractivity contribution in [1.82, 2.24) is 20.6 Å². The Kier molecular flexibility index (Phi) is 7.05. The first-order chi connectivity index (χ1) is 15.5. The van der Waals surface area contributed by atoms with Crippen LogP contribution in [0.2, 0.25) is 0 Å². The summed E-state index contributed by atoms with van der Waals surface area (Å²) in [6.07, 6.45) is 4.26. The number of hydrogen-bond acceptors (Lipinski definition) is 5. The van der Waals surface area contributed by atoms with Crippen LogP contribution in [-0.4, -0.2) is 41.3 Å². The van der Waals surface area contributed by atoms with Crippen molar-refractivity contribution in [2.45, 2.75) is 51.2 Å². The maximum atomic E-state index is 5.52. The average Bonchev–Trinajstić information content (AvgIpc) is 2.78. The number of benzene rings is 2. The van der Waals surface area contributed by atoms with Gasteiger partial charge in [0.25, 0.3) is 0 Å². The Morgan fingerprint density at radius 3 is 2.50 bits per heavy atom. The molecular weight excluding hydrogens is 416 g/mol. The first kappa shape index (κ1) is 22.3. The molecular formula is C25H32N6S. The molecule has 0 saturated heterocycles. The molecule has 0 unspecified atom stereocenters. The third-order valence-electron chi connectivity index (χ3n) is 5.94. The number of hydrogen-bond donors (Lipinski definition) is 3. The van der Waals surface area contributed by atoms with Crippen LogP contribution in [0.4, 0.5) is 11.8 Å². The molecule has 1 fully saturated rings. The molecule has 1 aliphatic rings. The van der Waals surface area contributed by atoms with Gasteiger partial charge in [-0.3, -0.25) is 0 Å². The van der Waals surface area contributed by atoms with Gasteiger partial charge in [-0.1, -0.05) is 42.0 Å². The highest BCUT2D eigenvalue weighted by Gasteiger charge is 2.22. The van der Waals surface area contributed by atoms with E-state index in [1.54, 1.807) is 0 Å². The lowest BCUT2D eigenvalue weighted by Crippen LogP contribution is -2.44. The second-order valence-electron chi connectivity index (χ2n) is 8.79. The van der Waals surface area contributed by atoms with Crippen molar-refractivity contribution in [3.05, 3.63) is 59.7 Å². The number of anilines is 2. The fourth-order valence-electron chi connectivity index (χ4n) is 4.27. The molecule has 3 N–H and O–H groups in total. The number of thiocarbonyl (C=S) groups is 1. The number of fused-ring (bicyclic) bond motifs is 1. The molecule has 168 valence electrons. The summed E-state index contributed by atoms with van der Waals surface area (Å²) in [5, 5.41) is 12.2. The number of nitrogens with zero attached hydrogens (tertiary/aromatic N) is 3. The molecule has 0 atom stereocenters. The molecule has 3 aromatic rings. The minimum atomic E-state index is 0.373. The summed E-state index contributed by atoms with van der Waals surface area (Å²) >= 11 is 5.52. The number of aryl methyl sites for hydroxylation is 1. The van der Waals surface area contributed by atoms with Crippen LogP contribution in [-0.2, 0) is 6.54 Å². The van der Waals surface area contributed by atoms with E-state index in [1.807, 2.05) is 37.2 Å². The van der Waals surface area contributed by atoms with Crippen LogP contribution < -0.4 is 20.9 Å². The molecule has 1 aliphatic carbocycles. The summed E-state index contributed by atoms with van der Waals surface area (Å²) in [4.78, 5) is 11.6. The van der Waals surface area contributed by atoms with Crippen molar-refractivity contribution in [3.8, 4) is 0 Å². The smallest absolute Gasteiger partial charge is 0.225 e. The van der Waals surface area contributed by atoms with Crippen LogP contribution in [0.3, 0.4) is 0 Å². The molecule has 2 aromatic carbocycles. The lowest BCUT2D eigenvalue weighted by atomic mass is 9.91. The van der Waals surface area contributed by atoms with Gasteiger partial charge in [0.1, 0.15) is 5.82 Å². The fourth-order valence-corrected chi connectivity index (χ4v) is 4.51. The Balaban J connectivity index is 1.28. The highest BCUT2D eigenvalue weighted by atomic mass is 32.1. The molecule has 0 amide bonds. The normalized spacial score (nSPS) is 18.2. The fraction of sp³-hybridized carbons (Fsp3) is 0.400. The van der Waals surface area contributed by atoms with E-state index in [4.69, 9.17) is 22.2 Å². The number of aromatic nitrogens is 2. The predicted molar refractivity (Wildman–Crippen MR) is 137 cm³/mol. The van der Waals surface area contributed by atoms with Gasteiger partial charge in [0.05, 0.1) is 5.52 Å². The van der Waals surface area contributed by atoms with E-state index in [2.05, 4.69) is 53.2 Å². The van der Waals surface area contributed by atoms with Gasteiger partial charge >= 0.3 is 0 Å². The van der Waals surface area contributed by atoms with Crippen LogP contribution >= 0.6 is 12.2 Å². The Morgan fingerprint density at radius 2 is 1.75 bits per heavy atom. The summed E-state index contributed by atoms with van der Waals surface area (Å²) in [6.45, 7) is 2.86. The monoisotopic (exact) mass is 448 g/mol. The molecule has 0 radical (unpaired) electrons. The lowest BCUT2D eigenvalue weighted by Gasteiger charge is -2.30. The molecule has 0 spiro atoms. The van der Waals surface area contributed by atoms with Crippen LogP contribution in [0.25, 0.3) is 10.9 Å². The van der Waals surface area contributed by atoms with E-state index in [0.717, 1.165) is 54.1 Å². The molecule has 1 saturated carbocycles. The van der Waals surface area contributed by atoms with Gasteiger partial charge in [-0.25, -0.2) is 4.98 Å². The molecule has 0 bridgehead atoms. The summed E-state index contributed by atoms with van der Waals surface area (Å²) in [5.41, 5.74) is 3.48. The van der Waals surface area contributed by atoms with Gasteiger partial charge in [0, 0.05) is 38.1 Å². The second-order valence-corrected chi connectivity index (χ2v) is 9.20. The Hall–Kier alpha value is -2.93. The van der Waals surface area contributed by atoms with Gasteiger partial charge in [-0.15, -0.1) is 0 Å². The van der Waals surface area contributed by atoms with Crippen LogP contribution in [0, 0.1) is 6.92 Å². The van der Waals surface area contributed by atoms with Crippen molar-refractivity contribution in [3.63, 3.8) is 0 Å². The average molecular weight is 449 g/mol. The van der Waals surface area contributed by atoms with Crippen molar-refractivity contribution in [2.75, 3.05) is 24.3 Å². The Labute approximate surface area is 195 Å². The van der Waals surface area contributed by atoms with E-state index >= 15 is 0 Å². The first-order valence-electron chi connectivity index (χ1n) is 11.3. The lowest BCUT2D eigenvalue weighted by molar-refractivity contribution is 0.385. The zero-order valence-electron chi connectivity index (χ0n) is 19.1. The van der Waals surface area contributed by atoms with Gasteiger partial charge in [-0.05, 0) is 62.5 Å². The highest BCUT2D eigenvalue weighted by Crippen LogP contribution is 2.26. The van der Waals surface area contributed by atoms with Crippen LogP contribution in [0.15, 0.2) is 48.5 Å². The van der Waals surface area contributed by atoms with E-state index in [9.17, 15) is 0 Å². The third kappa shape index (κ3) is 5.65. The van der Waals surface area contributed by atoms with E-state index < -0.39 is 0 Å². The van der Waals surface area contributed by atoms with Crippen molar-refractivity contribution in [1.29, 1.82) is 0 Å². The van der Waals surface area contributed by atoms with E-state index in [1.165, 1.54) is 11.1 Å². The predicted octanol–water partition coefficient (Wildman–Crippen LogP) is 4.39. The van der Waals surface area contributed by atoms with Crippen LogP contribution in [0.5, 0.6) is 0 Å². The maximum Gasteiger partial charge on any atom is 0.225 e. The Bertz CT molecular complexity index is 1070. The maximum absolute atomic E-state index is 5.52. The highest BCUT2D eigenvalue weighted by molar-refractivity contribution is 7.80.